The third-order valence-electron chi connectivity index (χ3n) is 4.63. The molecule has 2 unspecified atom stereocenters. The molecule has 1 fully saturated rings. The van der Waals surface area contributed by atoms with Crippen LogP contribution in [0, 0.1) is 11.8 Å². The zero-order chi connectivity index (χ0) is 15.2. The van der Waals surface area contributed by atoms with Gasteiger partial charge in [0, 0.05) is 18.2 Å². The Morgan fingerprint density at radius 1 is 1.33 bits per heavy atom. The molecular formula is C18H32N2O. The Labute approximate surface area is 130 Å². The molecule has 0 bridgehead atoms. The number of nitrogens with one attached hydrogen (secondary N) is 1. The van der Waals surface area contributed by atoms with E-state index < -0.39 is 0 Å². The van der Waals surface area contributed by atoms with E-state index >= 15 is 0 Å². The molecule has 0 aliphatic heterocycles. The average molecular weight is 292 g/mol. The lowest BCUT2D eigenvalue weighted by Crippen LogP contribution is -2.38. The van der Waals surface area contributed by atoms with E-state index in [1.165, 1.54) is 31.2 Å². The van der Waals surface area contributed by atoms with Gasteiger partial charge in [-0.3, -0.25) is 4.90 Å². The number of nitrogens with zero attached hydrogens (tertiary/aromatic N) is 1. The number of hydrogen-bond acceptors (Lipinski definition) is 3. The van der Waals surface area contributed by atoms with Crippen LogP contribution >= 0.6 is 0 Å². The van der Waals surface area contributed by atoms with Gasteiger partial charge in [0.2, 0.25) is 0 Å². The molecule has 0 spiro atoms. The Morgan fingerprint density at radius 3 is 2.81 bits per heavy atom. The molecule has 3 nitrogen and oxygen atoms in total. The summed E-state index contributed by atoms with van der Waals surface area (Å²) in [4.78, 5) is 2.48. The second-order valence-corrected chi connectivity index (χ2v) is 7.19. The fourth-order valence-electron chi connectivity index (χ4n) is 3.42. The minimum absolute atomic E-state index is 0.690. The van der Waals surface area contributed by atoms with Crippen LogP contribution in [0.1, 0.15) is 57.8 Å². The zero-order valence-corrected chi connectivity index (χ0v) is 14.2. The van der Waals surface area contributed by atoms with E-state index in [1.807, 2.05) is 6.26 Å². The first-order chi connectivity index (χ1) is 10.1. The molecule has 1 saturated carbocycles. The molecule has 0 aromatic carbocycles. The Balaban J connectivity index is 1.81. The maximum absolute atomic E-state index is 5.74. The van der Waals surface area contributed by atoms with Gasteiger partial charge >= 0.3 is 0 Å². The first-order valence-electron chi connectivity index (χ1n) is 8.53. The summed E-state index contributed by atoms with van der Waals surface area (Å²) in [6.07, 6.45) is 7.39. The molecule has 0 saturated heterocycles. The first-order valence-corrected chi connectivity index (χ1v) is 8.53. The van der Waals surface area contributed by atoms with Crippen LogP contribution in [0.3, 0.4) is 0 Å². The number of furan rings is 1. The van der Waals surface area contributed by atoms with E-state index in [1.54, 1.807) is 0 Å². The number of rotatable bonds is 7. The van der Waals surface area contributed by atoms with E-state index in [2.05, 4.69) is 44.1 Å². The van der Waals surface area contributed by atoms with Crippen molar-refractivity contribution in [1.82, 2.24) is 10.2 Å². The highest BCUT2D eigenvalue weighted by molar-refractivity contribution is 5.12. The molecule has 2 atom stereocenters. The summed E-state index contributed by atoms with van der Waals surface area (Å²) in [7, 11) is 2.24. The lowest BCUT2D eigenvalue weighted by atomic mass is 9.85. The largest absolute Gasteiger partial charge is 0.468 e. The summed E-state index contributed by atoms with van der Waals surface area (Å²) in [5.41, 5.74) is 1.26. The second-order valence-electron chi connectivity index (χ2n) is 7.19. The number of hydrogen-bond donors (Lipinski definition) is 1. The molecular weight excluding hydrogens is 260 g/mol. The maximum Gasteiger partial charge on any atom is 0.118 e. The van der Waals surface area contributed by atoms with Crippen LogP contribution in [-0.2, 0) is 13.1 Å². The van der Waals surface area contributed by atoms with Crippen molar-refractivity contribution in [3.05, 3.63) is 23.7 Å². The average Bonchev–Trinajstić information content (AvgIpc) is 2.86. The summed E-state index contributed by atoms with van der Waals surface area (Å²) >= 11 is 0. The highest BCUT2D eigenvalue weighted by Gasteiger charge is 2.25. The van der Waals surface area contributed by atoms with Crippen LogP contribution in [0.2, 0.25) is 0 Å². The van der Waals surface area contributed by atoms with Gasteiger partial charge in [0.1, 0.15) is 5.76 Å². The molecule has 1 aliphatic rings. The van der Waals surface area contributed by atoms with Crippen LogP contribution in [0.15, 0.2) is 16.7 Å². The smallest absolute Gasteiger partial charge is 0.118 e. The van der Waals surface area contributed by atoms with E-state index in [9.17, 15) is 0 Å². The lowest BCUT2D eigenvalue weighted by molar-refractivity contribution is 0.125. The second kappa shape index (κ2) is 8.00. The molecule has 1 aliphatic carbocycles. The minimum Gasteiger partial charge on any atom is -0.468 e. The van der Waals surface area contributed by atoms with Crippen molar-refractivity contribution in [2.75, 3.05) is 13.6 Å². The molecule has 1 N–H and O–H groups in total. The summed E-state index contributed by atoms with van der Waals surface area (Å²) in [6.45, 7) is 9.75. The van der Waals surface area contributed by atoms with Crippen molar-refractivity contribution >= 4 is 0 Å². The molecule has 1 aromatic rings. The quantitative estimate of drug-likeness (QED) is 0.822. The van der Waals surface area contributed by atoms with E-state index in [0.717, 1.165) is 31.3 Å². The Kier molecular flexibility index (Phi) is 6.31. The van der Waals surface area contributed by atoms with E-state index in [4.69, 9.17) is 4.42 Å². The van der Waals surface area contributed by atoms with Crippen molar-refractivity contribution in [3.63, 3.8) is 0 Å². The highest BCUT2D eigenvalue weighted by Crippen LogP contribution is 2.28. The first kappa shape index (κ1) is 16.6. The SMILES string of the molecule is CC(C)CNCc1coc(CN(C)C2CCCCC2C)c1. The standard InChI is InChI=1S/C18H32N2O/c1-14(2)10-19-11-16-9-17(21-13-16)12-20(4)18-8-6-5-7-15(18)3/h9,13-15,18-19H,5-8,10-12H2,1-4H3. The molecule has 21 heavy (non-hydrogen) atoms. The van der Waals surface area contributed by atoms with E-state index in [-0.39, 0.29) is 0 Å². The van der Waals surface area contributed by atoms with E-state index in [0.29, 0.717) is 12.0 Å². The molecule has 1 aromatic heterocycles. The summed E-state index contributed by atoms with van der Waals surface area (Å²) in [5.74, 6) is 2.60. The Hall–Kier alpha value is -0.800. The fourth-order valence-corrected chi connectivity index (χ4v) is 3.42. The van der Waals surface area contributed by atoms with Gasteiger partial charge in [0.15, 0.2) is 0 Å². The molecule has 1 heterocycles. The van der Waals surface area contributed by atoms with Gasteiger partial charge in [-0.05, 0) is 44.3 Å². The van der Waals surface area contributed by atoms with Crippen LogP contribution in [0.25, 0.3) is 0 Å². The molecule has 0 amide bonds. The topological polar surface area (TPSA) is 28.4 Å². The summed E-state index contributed by atoms with van der Waals surface area (Å²) in [6, 6.07) is 2.92. The molecule has 2 rings (SSSR count). The molecule has 120 valence electrons. The van der Waals surface area contributed by atoms with Crippen LogP contribution < -0.4 is 5.32 Å². The molecule has 0 radical (unpaired) electrons. The summed E-state index contributed by atoms with van der Waals surface area (Å²) in [5, 5.41) is 3.46. The Morgan fingerprint density at radius 2 is 2.10 bits per heavy atom. The van der Waals surface area contributed by atoms with Crippen molar-refractivity contribution in [2.45, 2.75) is 65.6 Å². The van der Waals surface area contributed by atoms with Crippen molar-refractivity contribution in [3.8, 4) is 0 Å². The third-order valence-corrected chi connectivity index (χ3v) is 4.63. The Bertz CT molecular complexity index is 413. The third kappa shape index (κ3) is 5.15. The van der Waals surface area contributed by atoms with Crippen molar-refractivity contribution in [2.24, 2.45) is 11.8 Å². The van der Waals surface area contributed by atoms with Gasteiger partial charge in [0.05, 0.1) is 12.8 Å². The highest BCUT2D eigenvalue weighted by atomic mass is 16.3. The van der Waals surface area contributed by atoms with Crippen LogP contribution in [0.4, 0.5) is 0 Å². The van der Waals surface area contributed by atoms with Gasteiger partial charge in [-0.2, -0.15) is 0 Å². The zero-order valence-electron chi connectivity index (χ0n) is 14.2. The van der Waals surface area contributed by atoms with Crippen molar-refractivity contribution < 1.29 is 4.42 Å². The van der Waals surface area contributed by atoms with Gasteiger partial charge < -0.3 is 9.73 Å². The van der Waals surface area contributed by atoms with Crippen molar-refractivity contribution in [1.29, 1.82) is 0 Å². The normalized spacial score (nSPS) is 23.1. The minimum atomic E-state index is 0.690. The monoisotopic (exact) mass is 292 g/mol. The maximum atomic E-state index is 5.74. The fraction of sp³-hybridized carbons (Fsp3) is 0.778. The predicted molar refractivity (Wildman–Crippen MR) is 88.1 cm³/mol. The van der Waals surface area contributed by atoms with Gasteiger partial charge in [-0.25, -0.2) is 0 Å². The lowest BCUT2D eigenvalue weighted by Gasteiger charge is -2.35. The van der Waals surface area contributed by atoms with Gasteiger partial charge in [-0.15, -0.1) is 0 Å². The van der Waals surface area contributed by atoms with Gasteiger partial charge in [-0.1, -0.05) is 33.6 Å². The summed E-state index contributed by atoms with van der Waals surface area (Å²) < 4.78 is 5.74. The van der Waals surface area contributed by atoms with Gasteiger partial charge in [0.25, 0.3) is 0 Å². The molecule has 3 heteroatoms. The predicted octanol–water partition coefficient (Wildman–Crippen LogP) is 4.04. The van der Waals surface area contributed by atoms with Crippen LogP contribution in [0.5, 0.6) is 0 Å². The van der Waals surface area contributed by atoms with Crippen LogP contribution in [-0.4, -0.2) is 24.5 Å².